The van der Waals surface area contributed by atoms with E-state index in [2.05, 4.69) is 9.84 Å². The van der Waals surface area contributed by atoms with Crippen LogP contribution in [0.2, 0.25) is 5.02 Å². The number of hydrogen-bond donors (Lipinski definition) is 0. The van der Waals surface area contributed by atoms with E-state index in [9.17, 15) is 13.6 Å². The predicted molar refractivity (Wildman–Crippen MR) is 116 cm³/mol. The molecule has 0 unspecified atom stereocenters. The highest BCUT2D eigenvalue weighted by Crippen LogP contribution is 2.36. The lowest BCUT2D eigenvalue weighted by Gasteiger charge is -2.13. The Labute approximate surface area is 189 Å². The topological polar surface area (TPSA) is 62.6 Å². The zero-order valence-corrected chi connectivity index (χ0v) is 18.7. The van der Waals surface area contributed by atoms with Crippen molar-refractivity contribution in [2.24, 2.45) is 7.05 Å². The minimum Gasteiger partial charge on any atom is -0.489 e. The molecular formula is C23H23ClF2N2O4. The summed E-state index contributed by atoms with van der Waals surface area (Å²) in [6, 6.07) is 12.6. The first-order chi connectivity index (χ1) is 15.3. The monoisotopic (exact) mass is 464 g/mol. The van der Waals surface area contributed by atoms with E-state index in [1.165, 1.54) is 7.05 Å². The minimum atomic E-state index is -3.00. The van der Waals surface area contributed by atoms with E-state index >= 15 is 0 Å². The molecule has 0 aliphatic rings. The number of hydrogen-bond acceptors (Lipinski definition) is 5. The second-order valence-corrected chi connectivity index (χ2v) is 7.28. The van der Waals surface area contributed by atoms with Gasteiger partial charge in [-0.3, -0.25) is 4.79 Å². The Balaban J connectivity index is 1.74. The van der Waals surface area contributed by atoms with Crippen LogP contribution >= 0.6 is 11.6 Å². The van der Waals surface area contributed by atoms with Crippen LogP contribution in [0, 0.1) is 0 Å². The van der Waals surface area contributed by atoms with Crippen molar-refractivity contribution in [3.05, 3.63) is 58.6 Å². The highest BCUT2D eigenvalue weighted by atomic mass is 35.5. The molecule has 0 atom stereocenters. The van der Waals surface area contributed by atoms with Crippen molar-refractivity contribution >= 4 is 17.6 Å². The quantitative estimate of drug-likeness (QED) is 0.296. The summed E-state index contributed by atoms with van der Waals surface area (Å²) in [5, 5.41) is 4.16. The van der Waals surface area contributed by atoms with Gasteiger partial charge in [-0.05, 0) is 42.3 Å². The maximum absolute atomic E-state index is 12.6. The van der Waals surface area contributed by atoms with Gasteiger partial charge < -0.3 is 14.2 Å². The first kappa shape index (κ1) is 23.5. The highest BCUT2D eigenvalue weighted by molar-refractivity contribution is 6.34. The van der Waals surface area contributed by atoms with Gasteiger partial charge >= 0.3 is 12.6 Å². The number of alkyl halides is 2. The fourth-order valence-corrected chi connectivity index (χ4v) is 3.29. The molecule has 0 saturated heterocycles. The van der Waals surface area contributed by atoms with Crippen LogP contribution in [0.15, 0.2) is 42.5 Å². The summed E-state index contributed by atoms with van der Waals surface area (Å²) in [5.74, 6) is 0.532. The van der Waals surface area contributed by atoms with Gasteiger partial charge in [0.15, 0.2) is 0 Å². The fraction of sp³-hybridized carbons (Fsp3) is 0.304. The van der Waals surface area contributed by atoms with Crippen molar-refractivity contribution in [3.63, 3.8) is 0 Å². The highest BCUT2D eigenvalue weighted by Gasteiger charge is 2.20. The molecular weight excluding hydrogens is 442 g/mol. The molecule has 0 aliphatic heterocycles. The molecule has 3 aromatic rings. The molecule has 2 aromatic carbocycles. The number of carbonyl (C=O) groups is 1. The summed E-state index contributed by atoms with van der Waals surface area (Å²) in [6.45, 7) is 0.959. The van der Waals surface area contributed by atoms with Crippen LogP contribution in [-0.4, -0.2) is 22.4 Å². The van der Waals surface area contributed by atoms with Crippen molar-refractivity contribution in [3.8, 4) is 28.6 Å². The van der Waals surface area contributed by atoms with Gasteiger partial charge in [0.25, 0.3) is 0 Å². The zero-order chi connectivity index (χ0) is 23.3. The van der Waals surface area contributed by atoms with Crippen LogP contribution in [0.5, 0.6) is 17.4 Å². The van der Waals surface area contributed by atoms with E-state index in [4.69, 9.17) is 21.1 Å². The SMILES string of the molecule is CCC(=O)Oc1cc(CC)ccc1COc1ccc(-c2nn(C)c(OC(F)F)c2Cl)cc1. The zero-order valence-electron chi connectivity index (χ0n) is 17.9. The predicted octanol–water partition coefficient (Wildman–Crippen LogP) is 5.80. The van der Waals surface area contributed by atoms with Crippen LogP contribution in [-0.2, 0) is 24.9 Å². The molecule has 0 saturated carbocycles. The molecule has 32 heavy (non-hydrogen) atoms. The van der Waals surface area contributed by atoms with Crippen molar-refractivity contribution < 1.29 is 27.8 Å². The molecule has 1 aromatic heterocycles. The van der Waals surface area contributed by atoms with E-state index in [1.807, 2.05) is 25.1 Å². The first-order valence-corrected chi connectivity index (χ1v) is 10.4. The van der Waals surface area contributed by atoms with Gasteiger partial charge in [-0.15, -0.1) is 0 Å². The van der Waals surface area contributed by atoms with Crippen molar-refractivity contribution in [2.45, 2.75) is 39.9 Å². The summed E-state index contributed by atoms with van der Waals surface area (Å²) >= 11 is 6.17. The van der Waals surface area contributed by atoms with E-state index in [0.29, 0.717) is 22.8 Å². The largest absolute Gasteiger partial charge is 0.489 e. The number of benzene rings is 2. The average molecular weight is 465 g/mol. The molecule has 0 radical (unpaired) electrons. The summed E-state index contributed by atoms with van der Waals surface area (Å²) < 4.78 is 42.0. The van der Waals surface area contributed by atoms with Crippen LogP contribution < -0.4 is 14.2 Å². The Kier molecular flexibility index (Phi) is 7.69. The van der Waals surface area contributed by atoms with Crippen molar-refractivity contribution in [1.29, 1.82) is 0 Å². The molecule has 6 nitrogen and oxygen atoms in total. The number of nitrogens with zero attached hydrogens (tertiary/aromatic N) is 2. The molecule has 0 fully saturated rings. The summed E-state index contributed by atoms with van der Waals surface area (Å²) in [4.78, 5) is 11.8. The molecule has 0 amide bonds. The Morgan fingerprint density at radius 2 is 1.88 bits per heavy atom. The van der Waals surface area contributed by atoms with Crippen molar-refractivity contribution in [2.75, 3.05) is 0 Å². The number of aryl methyl sites for hydroxylation is 2. The number of aromatic nitrogens is 2. The van der Waals surface area contributed by atoms with E-state index < -0.39 is 6.61 Å². The molecule has 170 valence electrons. The number of carbonyl (C=O) groups excluding carboxylic acids is 1. The smallest absolute Gasteiger partial charge is 0.388 e. The molecule has 9 heteroatoms. The van der Waals surface area contributed by atoms with Gasteiger partial charge in [0.05, 0.1) is 0 Å². The van der Waals surface area contributed by atoms with Crippen LogP contribution in [0.3, 0.4) is 0 Å². The number of ether oxygens (including phenoxy) is 3. The van der Waals surface area contributed by atoms with Crippen LogP contribution in [0.4, 0.5) is 8.78 Å². The van der Waals surface area contributed by atoms with Gasteiger partial charge in [-0.1, -0.05) is 37.6 Å². The fourth-order valence-electron chi connectivity index (χ4n) is 2.98. The third kappa shape index (κ3) is 5.56. The summed E-state index contributed by atoms with van der Waals surface area (Å²) in [7, 11) is 1.47. The Morgan fingerprint density at radius 3 is 2.50 bits per heavy atom. The van der Waals surface area contributed by atoms with Gasteiger partial charge in [-0.2, -0.15) is 13.9 Å². The summed E-state index contributed by atoms with van der Waals surface area (Å²) in [5.41, 5.74) is 2.74. The second-order valence-electron chi connectivity index (χ2n) is 6.91. The lowest BCUT2D eigenvalue weighted by atomic mass is 10.1. The standard InChI is InChI=1S/C23H23ClF2N2O4/c1-4-14-6-7-16(18(12-14)31-19(29)5-2)13-30-17-10-8-15(9-11-17)21-20(24)22(28(3)27-21)32-23(25)26/h6-12,23H,4-5,13H2,1-3H3. The van der Waals surface area contributed by atoms with Gasteiger partial charge in [0, 0.05) is 24.6 Å². The Hall–Kier alpha value is -3.13. The maximum Gasteiger partial charge on any atom is 0.388 e. The normalized spacial score (nSPS) is 11.0. The third-order valence-electron chi connectivity index (χ3n) is 4.71. The Bertz CT molecular complexity index is 1080. The number of rotatable bonds is 9. The molecule has 0 spiro atoms. The maximum atomic E-state index is 12.6. The molecule has 0 N–H and O–H groups in total. The van der Waals surface area contributed by atoms with Gasteiger partial charge in [-0.25, -0.2) is 4.68 Å². The van der Waals surface area contributed by atoms with E-state index in [0.717, 1.165) is 22.2 Å². The minimum absolute atomic E-state index is 0.000126. The van der Waals surface area contributed by atoms with E-state index in [-0.39, 0.29) is 29.9 Å². The number of halogens is 3. The average Bonchev–Trinajstić information content (AvgIpc) is 3.06. The van der Waals surface area contributed by atoms with Crippen molar-refractivity contribution in [1.82, 2.24) is 9.78 Å². The Morgan fingerprint density at radius 1 is 1.16 bits per heavy atom. The molecule has 0 aliphatic carbocycles. The van der Waals surface area contributed by atoms with Gasteiger partial charge in [0.1, 0.15) is 28.8 Å². The first-order valence-electron chi connectivity index (χ1n) is 10.0. The third-order valence-corrected chi connectivity index (χ3v) is 5.06. The van der Waals surface area contributed by atoms with Crippen LogP contribution in [0.25, 0.3) is 11.3 Å². The number of esters is 1. The molecule has 0 bridgehead atoms. The van der Waals surface area contributed by atoms with Crippen LogP contribution in [0.1, 0.15) is 31.4 Å². The molecule has 1 heterocycles. The lowest BCUT2D eigenvalue weighted by Crippen LogP contribution is -2.09. The summed E-state index contributed by atoms with van der Waals surface area (Å²) in [6.07, 6.45) is 1.09. The molecule has 3 rings (SSSR count). The lowest BCUT2D eigenvalue weighted by molar-refractivity contribution is -0.134. The van der Waals surface area contributed by atoms with E-state index in [1.54, 1.807) is 31.2 Å². The van der Waals surface area contributed by atoms with Gasteiger partial charge in [0.2, 0.25) is 5.88 Å². The second kappa shape index (κ2) is 10.5.